The molecule has 0 saturated carbocycles. The van der Waals surface area contributed by atoms with Crippen molar-refractivity contribution in [2.24, 2.45) is 0 Å². The average Bonchev–Trinajstić information content (AvgIpc) is 3.22. The van der Waals surface area contributed by atoms with Gasteiger partial charge in [-0.1, -0.05) is 29.8 Å². The molecule has 1 unspecified atom stereocenters. The molecular weight excluding hydrogens is 432 g/mol. The maximum absolute atomic E-state index is 14.4. The summed E-state index contributed by atoms with van der Waals surface area (Å²) in [5, 5.41) is 2.81. The molecule has 7 nitrogen and oxygen atoms in total. The Balaban J connectivity index is 1.59. The topological polar surface area (TPSA) is 80.2 Å². The van der Waals surface area contributed by atoms with Crippen molar-refractivity contribution >= 4 is 51.6 Å². The Morgan fingerprint density at radius 2 is 2.13 bits per heavy atom. The predicted molar refractivity (Wildman–Crippen MR) is 113 cm³/mol. The lowest BCUT2D eigenvalue weighted by atomic mass is 10.3. The summed E-state index contributed by atoms with van der Waals surface area (Å²) in [6, 6.07) is 6.37. The van der Waals surface area contributed by atoms with Crippen molar-refractivity contribution in [3.05, 3.63) is 59.1 Å². The van der Waals surface area contributed by atoms with E-state index >= 15 is 0 Å². The number of nitrogens with one attached hydrogen (secondary N) is 1. The van der Waals surface area contributed by atoms with Gasteiger partial charge in [-0.2, -0.15) is 0 Å². The molecule has 3 heterocycles. The van der Waals surface area contributed by atoms with E-state index < -0.39 is 5.82 Å². The summed E-state index contributed by atoms with van der Waals surface area (Å²) in [6.45, 7) is 4.55. The van der Waals surface area contributed by atoms with Crippen LogP contribution in [0.3, 0.4) is 0 Å². The van der Waals surface area contributed by atoms with Gasteiger partial charge in [0.15, 0.2) is 11.6 Å². The molecule has 1 aromatic carbocycles. The van der Waals surface area contributed by atoms with E-state index in [0.717, 1.165) is 0 Å². The van der Waals surface area contributed by atoms with Crippen molar-refractivity contribution in [3.8, 4) is 5.88 Å². The molecule has 30 heavy (non-hydrogen) atoms. The van der Waals surface area contributed by atoms with Crippen LogP contribution in [0.5, 0.6) is 5.88 Å². The highest BCUT2D eigenvalue weighted by atomic mass is 35.5. The average molecular weight is 448 g/mol. The Hall–Kier alpha value is -2.97. The van der Waals surface area contributed by atoms with Crippen molar-refractivity contribution in [1.29, 1.82) is 0 Å². The molecule has 1 N–H and O–H groups in total. The zero-order valence-electron chi connectivity index (χ0n) is 15.6. The Kier molecular flexibility index (Phi) is 5.69. The normalized spacial score (nSPS) is 16.0. The van der Waals surface area contributed by atoms with Crippen LogP contribution in [0.2, 0.25) is 10.0 Å². The molecule has 2 aromatic heterocycles. The molecule has 10 heteroatoms. The zero-order chi connectivity index (χ0) is 21.3. The van der Waals surface area contributed by atoms with Crippen LogP contribution in [-0.2, 0) is 4.79 Å². The van der Waals surface area contributed by atoms with Gasteiger partial charge in [0.2, 0.25) is 11.8 Å². The van der Waals surface area contributed by atoms with Gasteiger partial charge in [0.05, 0.1) is 27.8 Å². The summed E-state index contributed by atoms with van der Waals surface area (Å²) < 4.78 is 20.4. The molecule has 4 rings (SSSR count). The number of hydrogen-bond donors (Lipinski definition) is 1. The number of aromatic nitrogens is 3. The Morgan fingerprint density at radius 3 is 2.93 bits per heavy atom. The summed E-state index contributed by atoms with van der Waals surface area (Å²) in [6.07, 6.45) is 3.13. The van der Waals surface area contributed by atoms with Gasteiger partial charge in [-0.05, 0) is 24.3 Å². The molecule has 3 aromatic rings. The van der Waals surface area contributed by atoms with E-state index in [1.807, 2.05) is 0 Å². The first-order valence-electron chi connectivity index (χ1n) is 9.06. The number of hydrogen-bond acceptors (Lipinski definition) is 6. The number of halogens is 3. The first-order chi connectivity index (χ1) is 14.5. The van der Waals surface area contributed by atoms with Gasteiger partial charge in [0.25, 0.3) is 0 Å². The van der Waals surface area contributed by atoms with Gasteiger partial charge < -0.3 is 15.0 Å². The summed E-state index contributed by atoms with van der Waals surface area (Å²) in [4.78, 5) is 26.2. The molecule has 1 aliphatic rings. The van der Waals surface area contributed by atoms with E-state index in [9.17, 15) is 9.18 Å². The van der Waals surface area contributed by atoms with Crippen molar-refractivity contribution < 1.29 is 13.9 Å². The minimum Gasteiger partial charge on any atom is -0.472 e. The maximum Gasteiger partial charge on any atom is 0.246 e. The smallest absolute Gasteiger partial charge is 0.246 e. The largest absolute Gasteiger partial charge is 0.472 e. The second-order valence-electron chi connectivity index (χ2n) is 6.60. The van der Waals surface area contributed by atoms with Crippen LogP contribution < -0.4 is 10.1 Å². The summed E-state index contributed by atoms with van der Waals surface area (Å²) in [5.41, 5.74) is 1.06. The lowest BCUT2D eigenvalue weighted by Gasteiger charge is -2.15. The number of carbonyl (C=O) groups is 1. The molecule has 0 spiro atoms. The molecule has 1 aliphatic heterocycles. The number of amides is 1. The third kappa shape index (κ3) is 4.01. The molecule has 154 valence electrons. The first-order valence-corrected chi connectivity index (χ1v) is 9.82. The minimum atomic E-state index is -0.693. The quantitative estimate of drug-likeness (QED) is 0.461. The number of pyridine rings is 1. The van der Waals surface area contributed by atoms with Crippen LogP contribution in [0.15, 0.2) is 43.2 Å². The lowest BCUT2D eigenvalue weighted by Crippen LogP contribution is -2.29. The number of likely N-dealkylation sites (tertiary alicyclic amines) is 1. The van der Waals surface area contributed by atoms with E-state index in [-0.39, 0.29) is 33.6 Å². The third-order valence-electron chi connectivity index (χ3n) is 4.66. The van der Waals surface area contributed by atoms with Gasteiger partial charge in [-0.15, -0.1) is 0 Å². The molecular formula is C20H16Cl2FN5O2. The van der Waals surface area contributed by atoms with E-state index in [4.69, 9.17) is 27.9 Å². The monoisotopic (exact) mass is 447 g/mol. The molecule has 1 atom stereocenters. The van der Waals surface area contributed by atoms with Crippen LogP contribution in [0, 0.1) is 5.82 Å². The lowest BCUT2D eigenvalue weighted by molar-refractivity contribution is -0.125. The molecule has 0 aliphatic carbocycles. The minimum absolute atomic E-state index is 0.104. The number of benzene rings is 1. The van der Waals surface area contributed by atoms with E-state index in [1.165, 1.54) is 24.5 Å². The molecule has 0 bridgehead atoms. The van der Waals surface area contributed by atoms with Crippen molar-refractivity contribution in [2.75, 3.05) is 18.4 Å². The van der Waals surface area contributed by atoms with Crippen LogP contribution in [0.25, 0.3) is 11.0 Å². The fraction of sp³-hybridized carbons (Fsp3) is 0.200. The predicted octanol–water partition coefficient (Wildman–Crippen LogP) is 4.38. The summed E-state index contributed by atoms with van der Waals surface area (Å²) in [5.74, 6) is -0.178. The SMILES string of the molecule is C=CC(=O)N1CCC(Oc2ccc3ncnc(Nc4ccc(Cl)c(Cl)c4F)c3n2)C1. The van der Waals surface area contributed by atoms with Crippen LogP contribution in [0.4, 0.5) is 15.9 Å². The fourth-order valence-corrected chi connectivity index (χ4v) is 3.46. The van der Waals surface area contributed by atoms with Gasteiger partial charge in [0, 0.05) is 19.0 Å². The molecule has 0 radical (unpaired) electrons. The van der Waals surface area contributed by atoms with E-state index in [1.54, 1.807) is 17.0 Å². The maximum atomic E-state index is 14.4. The van der Waals surface area contributed by atoms with Gasteiger partial charge in [0.1, 0.15) is 17.9 Å². The van der Waals surface area contributed by atoms with Crippen molar-refractivity contribution in [1.82, 2.24) is 19.9 Å². The number of rotatable bonds is 5. The first kappa shape index (κ1) is 20.3. The molecule has 1 fully saturated rings. The van der Waals surface area contributed by atoms with Gasteiger partial charge in [-0.25, -0.2) is 19.3 Å². The van der Waals surface area contributed by atoms with Crippen molar-refractivity contribution in [3.63, 3.8) is 0 Å². The highest BCUT2D eigenvalue weighted by molar-refractivity contribution is 6.42. The molecule has 1 saturated heterocycles. The van der Waals surface area contributed by atoms with Crippen LogP contribution >= 0.6 is 23.2 Å². The van der Waals surface area contributed by atoms with Crippen molar-refractivity contribution in [2.45, 2.75) is 12.5 Å². The Bertz CT molecular complexity index is 1140. The fourth-order valence-electron chi connectivity index (χ4n) is 3.15. The molecule has 1 amide bonds. The summed E-state index contributed by atoms with van der Waals surface area (Å²) in [7, 11) is 0. The van der Waals surface area contributed by atoms with Crippen LogP contribution in [0.1, 0.15) is 6.42 Å². The van der Waals surface area contributed by atoms with Crippen LogP contribution in [-0.4, -0.2) is 45.0 Å². The number of carbonyl (C=O) groups excluding carboxylic acids is 1. The zero-order valence-corrected chi connectivity index (χ0v) is 17.1. The Morgan fingerprint density at radius 1 is 1.30 bits per heavy atom. The van der Waals surface area contributed by atoms with E-state index in [0.29, 0.717) is 36.4 Å². The number of ether oxygens (including phenoxy) is 1. The highest BCUT2D eigenvalue weighted by Crippen LogP contribution is 2.32. The standard InChI is InChI=1S/C20H16Cl2FN5O2/c1-2-16(29)28-8-7-11(9-28)30-15-6-5-14-19(27-15)20(25-10-24-14)26-13-4-3-12(21)17(22)18(13)23/h2-6,10-11H,1,7-9H2,(H,24,25,26). The summed E-state index contributed by atoms with van der Waals surface area (Å²) >= 11 is 11.7. The highest BCUT2D eigenvalue weighted by Gasteiger charge is 2.26. The number of fused-ring (bicyclic) bond motifs is 1. The second-order valence-corrected chi connectivity index (χ2v) is 7.39. The third-order valence-corrected chi connectivity index (χ3v) is 5.44. The van der Waals surface area contributed by atoms with Gasteiger partial charge >= 0.3 is 0 Å². The number of nitrogens with zero attached hydrogens (tertiary/aromatic N) is 4. The second kappa shape index (κ2) is 8.41. The van der Waals surface area contributed by atoms with Gasteiger partial charge in [-0.3, -0.25) is 4.79 Å². The number of anilines is 2. The Labute approximate surface area is 181 Å². The van der Waals surface area contributed by atoms with E-state index in [2.05, 4.69) is 26.8 Å².